The molecule has 2 fully saturated rings. The number of benzene rings is 1. The average molecular weight is 357 g/mol. The summed E-state index contributed by atoms with van der Waals surface area (Å²) in [7, 11) is 0. The molecule has 1 aromatic carbocycles. The Balaban J connectivity index is 1.36. The summed E-state index contributed by atoms with van der Waals surface area (Å²) in [4.78, 5) is 15.1. The third-order valence-corrected chi connectivity index (χ3v) is 6.23. The molecule has 142 valence electrons. The van der Waals surface area contributed by atoms with Gasteiger partial charge >= 0.3 is 6.03 Å². The van der Waals surface area contributed by atoms with E-state index in [1.54, 1.807) is 0 Å². The average Bonchev–Trinajstić information content (AvgIpc) is 3.37. The van der Waals surface area contributed by atoms with Gasteiger partial charge < -0.3 is 15.4 Å². The van der Waals surface area contributed by atoms with Crippen molar-refractivity contribution in [3.8, 4) is 0 Å². The molecule has 4 rings (SSSR count). The summed E-state index contributed by atoms with van der Waals surface area (Å²) in [6, 6.07) is 6.61. The Morgan fingerprint density at radius 2 is 2.04 bits per heavy atom. The van der Waals surface area contributed by atoms with Crippen LogP contribution in [-0.4, -0.2) is 49.8 Å². The number of carbonyl (C=O) groups is 1. The van der Waals surface area contributed by atoms with Gasteiger partial charge in [0, 0.05) is 30.8 Å². The minimum atomic E-state index is -0.0768. The second-order valence-electron chi connectivity index (χ2n) is 7.92. The largest absolute Gasteiger partial charge is 0.381 e. The van der Waals surface area contributed by atoms with E-state index in [4.69, 9.17) is 4.74 Å². The zero-order valence-electron chi connectivity index (χ0n) is 15.6. The Kier molecular flexibility index (Phi) is 5.75. The SMILES string of the molecule is O=C(NC[C@H]([C@H]1CCOC1)N1CCCC1)Nc1cccc2c1CCCC2. The van der Waals surface area contributed by atoms with Gasteiger partial charge in [-0.15, -0.1) is 0 Å². The highest BCUT2D eigenvalue weighted by atomic mass is 16.5. The van der Waals surface area contributed by atoms with Crippen molar-refractivity contribution in [2.75, 3.05) is 38.2 Å². The van der Waals surface area contributed by atoms with Crippen LogP contribution in [0, 0.1) is 5.92 Å². The van der Waals surface area contributed by atoms with E-state index in [-0.39, 0.29) is 6.03 Å². The first-order valence-corrected chi connectivity index (χ1v) is 10.3. The fraction of sp³-hybridized carbons (Fsp3) is 0.667. The number of nitrogens with one attached hydrogen (secondary N) is 2. The molecular weight excluding hydrogens is 326 g/mol. The molecule has 0 bridgehead atoms. The first-order valence-electron chi connectivity index (χ1n) is 10.3. The number of anilines is 1. The normalized spacial score (nSPS) is 24.2. The molecule has 2 heterocycles. The number of ether oxygens (including phenoxy) is 1. The van der Waals surface area contributed by atoms with Crippen LogP contribution in [0.5, 0.6) is 0 Å². The van der Waals surface area contributed by atoms with Gasteiger partial charge in [-0.3, -0.25) is 4.90 Å². The van der Waals surface area contributed by atoms with Gasteiger partial charge in [-0.25, -0.2) is 4.79 Å². The lowest BCUT2D eigenvalue weighted by Gasteiger charge is -2.32. The second kappa shape index (κ2) is 8.40. The van der Waals surface area contributed by atoms with E-state index in [2.05, 4.69) is 27.7 Å². The summed E-state index contributed by atoms with van der Waals surface area (Å²) >= 11 is 0. The van der Waals surface area contributed by atoms with E-state index < -0.39 is 0 Å². The van der Waals surface area contributed by atoms with E-state index in [1.807, 2.05) is 6.07 Å². The van der Waals surface area contributed by atoms with Crippen LogP contribution in [-0.2, 0) is 17.6 Å². The number of nitrogens with zero attached hydrogens (tertiary/aromatic N) is 1. The van der Waals surface area contributed by atoms with Crippen LogP contribution in [0.4, 0.5) is 10.5 Å². The molecule has 26 heavy (non-hydrogen) atoms. The standard InChI is InChI=1S/C21H31N3O2/c25-21(23-19-9-5-7-16-6-1-2-8-18(16)19)22-14-20(17-10-13-26-15-17)24-11-3-4-12-24/h5,7,9,17,20H,1-4,6,8,10-15H2,(H2,22,23,25)/t17-,20+/m0/s1. The van der Waals surface area contributed by atoms with Gasteiger partial charge in [0.15, 0.2) is 0 Å². The number of fused-ring (bicyclic) bond motifs is 1. The summed E-state index contributed by atoms with van der Waals surface area (Å²) in [5.41, 5.74) is 3.71. The third kappa shape index (κ3) is 4.04. The number of hydrogen-bond donors (Lipinski definition) is 2. The van der Waals surface area contributed by atoms with Crippen LogP contribution in [0.2, 0.25) is 0 Å². The Morgan fingerprint density at radius 1 is 1.19 bits per heavy atom. The molecule has 5 heteroatoms. The molecule has 3 aliphatic rings. The molecule has 2 amide bonds. The fourth-order valence-electron chi connectivity index (χ4n) is 4.79. The van der Waals surface area contributed by atoms with Gasteiger partial charge in [0.05, 0.1) is 6.61 Å². The Hall–Kier alpha value is -1.59. The number of likely N-dealkylation sites (tertiary alicyclic amines) is 1. The zero-order chi connectivity index (χ0) is 17.8. The molecule has 5 nitrogen and oxygen atoms in total. The summed E-state index contributed by atoms with van der Waals surface area (Å²) in [5.74, 6) is 0.540. The van der Waals surface area contributed by atoms with Gasteiger partial charge in [-0.05, 0) is 75.2 Å². The fourth-order valence-corrected chi connectivity index (χ4v) is 4.79. The lowest BCUT2D eigenvalue weighted by molar-refractivity contribution is 0.135. The number of carbonyl (C=O) groups excluding carboxylic acids is 1. The van der Waals surface area contributed by atoms with Crippen molar-refractivity contribution in [2.24, 2.45) is 5.92 Å². The highest BCUT2D eigenvalue weighted by Crippen LogP contribution is 2.28. The maximum absolute atomic E-state index is 12.6. The maximum Gasteiger partial charge on any atom is 0.319 e. The number of amides is 2. The van der Waals surface area contributed by atoms with Crippen molar-refractivity contribution in [1.29, 1.82) is 0 Å². The first kappa shape index (κ1) is 17.8. The summed E-state index contributed by atoms with van der Waals surface area (Å²) in [5, 5.41) is 6.25. The summed E-state index contributed by atoms with van der Waals surface area (Å²) in [6.07, 6.45) is 8.32. The van der Waals surface area contributed by atoms with Crippen molar-refractivity contribution in [3.05, 3.63) is 29.3 Å². The molecule has 0 aromatic heterocycles. The van der Waals surface area contributed by atoms with Crippen LogP contribution in [0.15, 0.2) is 18.2 Å². The highest BCUT2D eigenvalue weighted by Gasteiger charge is 2.32. The molecule has 0 unspecified atom stereocenters. The molecule has 2 atom stereocenters. The molecule has 1 aliphatic carbocycles. The molecule has 0 saturated carbocycles. The van der Waals surface area contributed by atoms with E-state index in [0.717, 1.165) is 51.3 Å². The van der Waals surface area contributed by atoms with Crippen LogP contribution in [0.1, 0.15) is 43.2 Å². The van der Waals surface area contributed by atoms with E-state index in [0.29, 0.717) is 18.5 Å². The van der Waals surface area contributed by atoms with Crippen molar-refractivity contribution in [3.63, 3.8) is 0 Å². The van der Waals surface area contributed by atoms with Crippen LogP contribution < -0.4 is 10.6 Å². The molecular formula is C21H31N3O2. The van der Waals surface area contributed by atoms with Crippen molar-refractivity contribution in [1.82, 2.24) is 10.2 Å². The van der Waals surface area contributed by atoms with Gasteiger partial charge in [-0.2, -0.15) is 0 Å². The highest BCUT2D eigenvalue weighted by molar-refractivity contribution is 5.90. The van der Waals surface area contributed by atoms with E-state index in [1.165, 1.54) is 36.8 Å². The van der Waals surface area contributed by atoms with Gasteiger partial charge in [0.1, 0.15) is 0 Å². The lowest BCUT2D eigenvalue weighted by Crippen LogP contribution is -2.48. The molecule has 2 N–H and O–H groups in total. The van der Waals surface area contributed by atoms with Crippen molar-refractivity contribution >= 4 is 11.7 Å². The minimum absolute atomic E-state index is 0.0768. The summed E-state index contributed by atoms with van der Waals surface area (Å²) < 4.78 is 5.61. The topological polar surface area (TPSA) is 53.6 Å². The minimum Gasteiger partial charge on any atom is -0.381 e. The van der Waals surface area contributed by atoms with Gasteiger partial charge in [-0.1, -0.05) is 12.1 Å². The second-order valence-corrected chi connectivity index (χ2v) is 7.92. The van der Waals surface area contributed by atoms with Crippen LogP contribution in [0.25, 0.3) is 0 Å². The quantitative estimate of drug-likeness (QED) is 0.851. The van der Waals surface area contributed by atoms with E-state index in [9.17, 15) is 4.79 Å². The summed E-state index contributed by atoms with van der Waals surface area (Å²) in [6.45, 7) is 4.69. The van der Waals surface area contributed by atoms with Gasteiger partial charge in [0.2, 0.25) is 0 Å². The van der Waals surface area contributed by atoms with E-state index >= 15 is 0 Å². The molecule has 1 aromatic rings. The van der Waals surface area contributed by atoms with Gasteiger partial charge in [0.25, 0.3) is 0 Å². The number of rotatable bonds is 5. The molecule has 0 radical (unpaired) electrons. The monoisotopic (exact) mass is 357 g/mol. The number of urea groups is 1. The Bertz CT molecular complexity index is 606. The predicted molar refractivity (Wildman–Crippen MR) is 104 cm³/mol. The number of aryl methyl sites for hydroxylation is 1. The van der Waals surface area contributed by atoms with Crippen LogP contribution in [0.3, 0.4) is 0 Å². The lowest BCUT2D eigenvalue weighted by atomic mass is 9.90. The smallest absolute Gasteiger partial charge is 0.319 e. The molecule has 2 aliphatic heterocycles. The predicted octanol–water partition coefficient (Wildman–Crippen LogP) is 3.19. The molecule has 2 saturated heterocycles. The van der Waals surface area contributed by atoms with Crippen molar-refractivity contribution in [2.45, 2.75) is 51.0 Å². The van der Waals surface area contributed by atoms with Crippen LogP contribution >= 0.6 is 0 Å². The maximum atomic E-state index is 12.6. The zero-order valence-corrected chi connectivity index (χ0v) is 15.6. The number of hydrogen-bond acceptors (Lipinski definition) is 3. The Morgan fingerprint density at radius 3 is 2.85 bits per heavy atom. The first-order chi connectivity index (χ1) is 12.8. The molecule has 0 spiro atoms. The van der Waals surface area contributed by atoms with Crippen molar-refractivity contribution < 1.29 is 9.53 Å². The Labute approximate surface area is 156 Å². The third-order valence-electron chi connectivity index (χ3n) is 6.23.